The summed E-state index contributed by atoms with van der Waals surface area (Å²) in [5.74, 6) is 0.597. The minimum Gasteiger partial charge on any atom is -0.375 e. The SMILES string of the molecule is CCN(C)c1ccc(C(=O)Nc2cccc(-c3nnnn3C3CC3)c2)cc1. The van der Waals surface area contributed by atoms with Gasteiger partial charge in [0.2, 0.25) is 0 Å². The van der Waals surface area contributed by atoms with E-state index in [1.165, 1.54) is 0 Å². The molecule has 1 N–H and O–H groups in total. The maximum absolute atomic E-state index is 12.6. The predicted octanol–water partition coefficient (Wildman–Crippen LogP) is 3.38. The molecule has 1 heterocycles. The Morgan fingerprint density at radius 3 is 2.70 bits per heavy atom. The Hall–Kier alpha value is -3.22. The summed E-state index contributed by atoms with van der Waals surface area (Å²) in [6.07, 6.45) is 2.22. The van der Waals surface area contributed by atoms with Gasteiger partial charge in [0.05, 0.1) is 6.04 Å². The lowest BCUT2D eigenvalue weighted by molar-refractivity contribution is 0.102. The van der Waals surface area contributed by atoms with Gasteiger partial charge in [-0.1, -0.05) is 12.1 Å². The van der Waals surface area contributed by atoms with Crippen LogP contribution in [0.3, 0.4) is 0 Å². The van der Waals surface area contributed by atoms with Gasteiger partial charge < -0.3 is 10.2 Å². The quantitative estimate of drug-likeness (QED) is 0.727. The molecule has 1 fully saturated rings. The molecular weight excluding hydrogens is 340 g/mol. The number of carbonyl (C=O) groups is 1. The first-order valence-corrected chi connectivity index (χ1v) is 9.16. The van der Waals surface area contributed by atoms with E-state index in [1.54, 1.807) is 0 Å². The number of aromatic nitrogens is 4. The van der Waals surface area contributed by atoms with E-state index in [-0.39, 0.29) is 5.91 Å². The Morgan fingerprint density at radius 1 is 1.22 bits per heavy atom. The molecule has 4 rings (SSSR count). The second-order valence-electron chi connectivity index (χ2n) is 6.77. The molecule has 138 valence electrons. The van der Waals surface area contributed by atoms with Gasteiger partial charge in [0.1, 0.15) is 0 Å². The van der Waals surface area contributed by atoms with Crippen LogP contribution in [-0.4, -0.2) is 39.7 Å². The summed E-state index contributed by atoms with van der Waals surface area (Å²) in [6.45, 7) is 3.01. The standard InChI is InChI=1S/C20H22N6O/c1-3-25(2)17-9-7-14(8-10-17)20(27)21-16-6-4-5-15(13-16)19-22-23-24-26(19)18-11-12-18/h4-10,13,18H,3,11-12H2,1-2H3,(H,21,27). The number of rotatable bonds is 6. The molecular formula is C20H22N6O. The molecule has 7 nitrogen and oxygen atoms in total. The van der Waals surface area contributed by atoms with Crippen molar-refractivity contribution in [1.29, 1.82) is 0 Å². The first kappa shape index (κ1) is 17.2. The highest BCUT2D eigenvalue weighted by molar-refractivity contribution is 6.04. The van der Waals surface area contributed by atoms with Gasteiger partial charge >= 0.3 is 0 Å². The van der Waals surface area contributed by atoms with Crippen molar-refractivity contribution in [1.82, 2.24) is 20.2 Å². The molecule has 2 aromatic carbocycles. The Labute approximate surface area is 158 Å². The van der Waals surface area contributed by atoms with Crippen molar-refractivity contribution < 1.29 is 4.79 Å². The van der Waals surface area contributed by atoms with Gasteiger partial charge in [-0.2, -0.15) is 0 Å². The van der Waals surface area contributed by atoms with Crippen molar-refractivity contribution in [2.45, 2.75) is 25.8 Å². The number of tetrazole rings is 1. The van der Waals surface area contributed by atoms with E-state index in [0.29, 0.717) is 11.6 Å². The zero-order chi connectivity index (χ0) is 18.8. The van der Waals surface area contributed by atoms with Crippen LogP contribution in [0.25, 0.3) is 11.4 Å². The number of nitrogens with zero attached hydrogens (tertiary/aromatic N) is 5. The van der Waals surface area contributed by atoms with Crippen molar-refractivity contribution >= 4 is 17.3 Å². The third-order valence-electron chi connectivity index (χ3n) is 4.81. The highest BCUT2D eigenvalue weighted by Gasteiger charge is 2.28. The first-order chi connectivity index (χ1) is 13.2. The van der Waals surface area contributed by atoms with Crippen molar-refractivity contribution in [2.75, 3.05) is 23.8 Å². The first-order valence-electron chi connectivity index (χ1n) is 9.16. The number of benzene rings is 2. The van der Waals surface area contributed by atoms with E-state index in [2.05, 4.69) is 32.7 Å². The number of hydrogen-bond donors (Lipinski definition) is 1. The largest absolute Gasteiger partial charge is 0.375 e. The second-order valence-corrected chi connectivity index (χ2v) is 6.77. The molecule has 1 aliphatic carbocycles. The lowest BCUT2D eigenvalue weighted by Crippen LogP contribution is -2.16. The van der Waals surface area contributed by atoms with E-state index < -0.39 is 0 Å². The van der Waals surface area contributed by atoms with Crippen LogP contribution >= 0.6 is 0 Å². The van der Waals surface area contributed by atoms with Crippen LogP contribution in [0.1, 0.15) is 36.2 Å². The van der Waals surface area contributed by atoms with Crippen LogP contribution in [0.15, 0.2) is 48.5 Å². The molecule has 0 aliphatic heterocycles. The zero-order valence-electron chi connectivity index (χ0n) is 15.5. The minimum absolute atomic E-state index is 0.139. The lowest BCUT2D eigenvalue weighted by atomic mass is 10.1. The molecule has 0 spiro atoms. The molecule has 0 saturated heterocycles. The fourth-order valence-electron chi connectivity index (χ4n) is 2.94. The van der Waals surface area contributed by atoms with Crippen LogP contribution in [0.5, 0.6) is 0 Å². The summed E-state index contributed by atoms with van der Waals surface area (Å²) in [4.78, 5) is 14.7. The van der Waals surface area contributed by atoms with E-state index in [4.69, 9.17) is 0 Å². The highest BCUT2D eigenvalue weighted by Crippen LogP contribution is 2.36. The summed E-state index contributed by atoms with van der Waals surface area (Å²) in [5.41, 5.74) is 3.32. The molecule has 1 aliphatic rings. The number of anilines is 2. The molecule has 0 atom stereocenters. The van der Waals surface area contributed by atoms with Gasteiger partial charge in [0.15, 0.2) is 5.82 Å². The summed E-state index contributed by atoms with van der Waals surface area (Å²) in [5, 5.41) is 15.0. The van der Waals surface area contributed by atoms with Gasteiger partial charge in [-0.25, -0.2) is 4.68 Å². The van der Waals surface area contributed by atoms with E-state index in [9.17, 15) is 4.79 Å². The zero-order valence-corrected chi connectivity index (χ0v) is 15.5. The second kappa shape index (κ2) is 7.19. The molecule has 3 aromatic rings. The molecule has 0 unspecified atom stereocenters. The van der Waals surface area contributed by atoms with Crippen molar-refractivity contribution in [3.63, 3.8) is 0 Å². The maximum Gasteiger partial charge on any atom is 0.255 e. The number of carbonyl (C=O) groups excluding carboxylic acids is 1. The Bertz CT molecular complexity index is 945. The molecule has 0 radical (unpaired) electrons. The third kappa shape index (κ3) is 3.67. The normalized spacial score (nSPS) is 13.4. The van der Waals surface area contributed by atoms with Gasteiger partial charge in [-0.3, -0.25) is 4.79 Å². The average Bonchev–Trinajstić information content (AvgIpc) is 3.44. The number of nitrogens with one attached hydrogen (secondary N) is 1. The van der Waals surface area contributed by atoms with Crippen LogP contribution in [0.4, 0.5) is 11.4 Å². The fraction of sp³-hybridized carbons (Fsp3) is 0.300. The average molecular weight is 362 g/mol. The van der Waals surface area contributed by atoms with Gasteiger partial charge in [-0.05, 0) is 66.6 Å². The smallest absolute Gasteiger partial charge is 0.255 e. The van der Waals surface area contributed by atoms with E-state index >= 15 is 0 Å². The van der Waals surface area contributed by atoms with Crippen molar-refractivity contribution in [3.8, 4) is 11.4 Å². The van der Waals surface area contributed by atoms with E-state index in [0.717, 1.165) is 42.1 Å². The molecule has 0 bridgehead atoms. The fourth-order valence-corrected chi connectivity index (χ4v) is 2.94. The summed E-state index contributed by atoms with van der Waals surface area (Å²) in [6, 6.07) is 15.6. The van der Waals surface area contributed by atoms with Gasteiger partial charge in [0, 0.05) is 36.1 Å². The van der Waals surface area contributed by atoms with Gasteiger partial charge in [-0.15, -0.1) is 5.10 Å². The Balaban J connectivity index is 1.51. The highest BCUT2D eigenvalue weighted by atomic mass is 16.1. The van der Waals surface area contributed by atoms with Crippen molar-refractivity contribution in [2.24, 2.45) is 0 Å². The third-order valence-corrected chi connectivity index (χ3v) is 4.81. The Morgan fingerprint density at radius 2 is 2.00 bits per heavy atom. The minimum atomic E-state index is -0.139. The number of amides is 1. The summed E-state index contributed by atoms with van der Waals surface area (Å²) >= 11 is 0. The molecule has 7 heteroatoms. The lowest BCUT2D eigenvalue weighted by Gasteiger charge is -2.16. The van der Waals surface area contributed by atoms with Crippen LogP contribution < -0.4 is 10.2 Å². The summed E-state index contributed by atoms with van der Waals surface area (Å²) < 4.78 is 1.86. The molecule has 1 aromatic heterocycles. The molecule has 27 heavy (non-hydrogen) atoms. The Kier molecular flexibility index (Phi) is 4.58. The van der Waals surface area contributed by atoms with Crippen molar-refractivity contribution in [3.05, 3.63) is 54.1 Å². The topological polar surface area (TPSA) is 75.9 Å². The van der Waals surface area contributed by atoms with Crippen LogP contribution in [-0.2, 0) is 0 Å². The van der Waals surface area contributed by atoms with Gasteiger partial charge in [0.25, 0.3) is 5.91 Å². The molecule has 1 saturated carbocycles. The predicted molar refractivity (Wildman–Crippen MR) is 105 cm³/mol. The monoisotopic (exact) mass is 362 g/mol. The molecule has 1 amide bonds. The van der Waals surface area contributed by atoms with Crippen LogP contribution in [0, 0.1) is 0 Å². The van der Waals surface area contributed by atoms with E-state index in [1.807, 2.05) is 60.3 Å². The summed E-state index contributed by atoms with van der Waals surface area (Å²) in [7, 11) is 2.02. The van der Waals surface area contributed by atoms with Crippen LogP contribution in [0.2, 0.25) is 0 Å². The number of hydrogen-bond acceptors (Lipinski definition) is 5. The maximum atomic E-state index is 12.6.